The quantitative estimate of drug-likeness (QED) is 0.721. The minimum atomic E-state index is -3.51. The van der Waals surface area contributed by atoms with Gasteiger partial charge < -0.3 is 9.88 Å². The molecule has 0 saturated carbocycles. The van der Waals surface area contributed by atoms with Crippen LogP contribution in [0, 0.1) is 0 Å². The minimum absolute atomic E-state index is 0.113. The van der Waals surface area contributed by atoms with E-state index in [1.807, 2.05) is 35.9 Å². The lowest BCUT2D eigenvalue weighted by Crippen LogP contribution is -2.24. The summed E-state index contributed by atoms with van der Waals surface area (Å²) in [5, 5.41) is 2.80. The number of benzene rings is 2. The summed E-state index contributed by atoms with van der Waals surface area (Å²) in [7, 11) is -0.274. The van der Waals surface area contributed by atoms with Crippen LogP contribution in [0.2, 0.25) is 0 Å². The summed E-state index contributed by atoms with van der Waals surface area (Å²) in [6, 6.07) is 13.5. The van der Waals surface area contributed by atoms with E-state index in [4.69, 9.17) is 0 Å². The molecule has 0 radical (unpaired) electrons. The summed E-state index contributed by atoms with van der Waals surface area (Å²) in [6.07, 6.45) is 0. The molecule has 8 heteroatoms. The summed E-state index contributed by atoms with van der Waals surface area (Å²) in [5.41, 5.74) is 2.25. The Bertz CT molecular complexity index is 1020. The number of imidazole rings is 1. The fraction of sp³-hybridized carbons (Fsp3) is 0.176. The van der Waals surface area contributed by atoms with Crippen molar-refractivity contribution in [2.75, 3.05) is 7.05 Å². The van der Waals surface area contributed by atoms with Crippen LogP contribution in [0.3, 0.4) is 0 Å². The lowest BCUT2D eigenvalue weighted by atomic mass is 10.2. The van der Waals surface area contributed by atoms with Crippen molar-refractivity contribution < 1.29 is 13.2 Å². The van der Waals surface area contributed by atoms with Gasteiger partial charge in [0.2, 0.25) is 10.0 Å². The Morgan fingerprint density at radius 3 is 2.44 bits per heavy atom. The number of nitrogens with one attached hydrogen (secondary N) is 2. The van der Waals surface area contributed by atoms with Crippen molar-refractivity contribution in [3.63, 3.8) is 0 Å². The predicted octanol–water partition coefficient (Wildman–Crippen LogP) is 1.41. The first kappa shape index (κ1) is 17.1. The molecule has 3 rings (SSSR count). The standard InChI is InChI=1S/C17H18N4O3S/c1-18-25(23,24)13-9-7-12(8-10-13)17(22)19-11-16-20-14-5-3-4-6-15(14)21(16)2/h3-10,18H,11H2,1-2H3,(H,19,22). The maximum absolute atomic E-state index is 12.3. The second-order valence-corrected chi connectivity index (χ2v) is 7.38. The molecule has 0 fully saturated rings. The normalized spacial score (nSPS) is 11.6. The summed E-state index contributed by atoms with van der Waals surface area (Å²) >= 11 is 0. The Morgan fingerprint density at radius 2 is 1.80 bits per heavy atom. The van der Waals surface area contributed by atoms with Gasteiger partial charge in [-0.2, -0.15) is 0 Å². The van der Waals surface area contributed by atoms with Gasteiger partial charge in [0.05, 0.1) is 22.5 Å². The van der Waals surface area contributed by atoms with E-state index in [0.29, 0.717) is 5.56 Å². The first-order chi connectivity index (χ1) is 11.9. The Labute approximate surface area is 145 Å². The van der Waals surface area contributed by atoms with Gasteiger partial charge in [-0.3, -0.25) is 4.79 Å². The number of carbonyl (C=O) groups is 1. The average Bonchev–Trinajstić information content (AvgIpc) is 2.96. The molecule has 2 N–H and O–H groups in total. The number of aryl methyl sites for hydroxylation is 1. The highest BCUT2D eigenvalue weighted by Crippen LogP contribution is 2.14. The lowest BCUT2D eigenvalue weighted by Gasteiger charge is -2.07. The zero-order valence-electron chi connectivity index (χ0n) is 13.9. The number of hydrogen-bond acceptors (Lipinski definition) is 4. The molecule has 0 aliphatic rings. The van der Waals surface area contributed by atoms with Crippen molar-refractivity contribution in [2.45, 2.75) is 11.4 Å². The Kier molecular flexibility index (Phi) is 4.56. The molecule has 1 amide bonds. The molecule has 1 heterocycles. The Balaban J connectivity index is 1.73. The van der Waals surface area contributed by atoms with Gasteiger partial charge in [-0.1, -0.05) is 12.1 Å². The number of amides is 1. The zero-order chi connectivity index (χ0) is 18.0. The second-order valence-electron chi connectivity index (χ2n) is 5.49. The van der Waals surface area contributed by atoms with Crippen molar-refractivity contribution in [2.24, 2.45) is 7.05 Å². The third kappa shape index (κ3) is 3.40. The Hall–Kier alpha value is -2.71. The van der Waals surface area contributed by atoms with Gasteiger partial charge in [0.25, 0.3) is 5.91 Å². The summed E-state index contributed by atoms with van der Waals surface area (Å²) < 4.78 is 27.5. The van der Waals surface area contributed by atoms with Crippen molar-refractivity contribution in [3.05, 3.63) is 59.9 Å². The summed E-state index contributed by atoms with van der Waals surface area (Å²) in [4.78, 5) is 16.9. The summed E-state index contributed by atoms with van der Waals surface area (Å²) in [6.45, 7) is 0.278. The smallest absolute Gasteiger partial charge is 0.251 e. The van der Waals surface area contributed by atoms with Crippen LogP contribution in [-0.4, -0.2) is 30.9 Å². The van der Waals surface area contributed by atoms with E-state index in [9.17, 15) is 13.2 Å². The predicted molar refractivity (Wildman–Crippen MR) is 94.6 cm³/mol. The third-order valence-corrected chi connectivity index (χ3v) is 5.41. The SMILES string of the molecule is CNS(=O)(=O)c1ccc(C(=O)NCc2nc3ccccc3n2C)cc1. The van der Waals surface area contributed by atoms with Crippen LogP contribution in [0.4, 0.5) is 0 Å². The lowest BCUT2D eigenvalue weighted by molar-refractivity contribution is 0.0949. The largest absolute Gasteiger partial charge is 0.345 e. The van der Waals surface area contributed by atoms with E-state index in [1.165, 1.54) is 31.3 Å². The summed E-state index contributed by atoms with van der Waals surface area (Å²) in [5.74, 6) is 0.449. The number of fused-ring (bicyclic) bond motifs is 1. The highest BCUT2D eigenvalue weighted by Gasteiger charge is 2.13. The van der Waals surface area contributed by atoms with Gasteiger partial charge in [0.1, 0.15) is 5.82 Å². The molecule has 0 bridgehead atoms. The average molecular weight is 358 g/mol. The van der Waals surface area contributed by atoms with Gasteiger partial charge >= 0.3 is 0 Å². The topological polar surface area (TPSA) is 93.1 Å². The van der Waals surface area contributed by atoms with Crippen LogP contribution < -0.4 is 10.0 Å². The van der Waals surface area contributed by atoms with Crippen LogP contribution in [0.25, 0.3) is 11.0 Å². The van der Waals surface area contributed by atoms with Gasteiger partial charge in [0.15, 0.2) is 0 Å². The monoisotopic (exact) mass is 358 g/mol. The number of rotatable bonds is 5. The third-order valence-electron chi connectivity index (χ3n) is 3.98. The zero-order valence-corrected chi connectivity index (χ0v) is 14.7. The van der Waals surface area contributed by atoms with Crippen LogP contribution in [0.1, 0.15) is 16.2 Å². The molecule has 25 heavy (non-hydrogen) atoms. The molecule has 3 aromatic rings. The van der Waals surface area contributed by atoms with Crippen LogP contribution in [-0.2, 0) is 23.6 Å². The van der Waals surface area contributed by atoms with E-state index in [2.05, 4.69) is 15.0 Å². The van der Waals surface area contributed by atoms with Crippen molar-refractivity contribution >= 4 is 27.0 Å². The maximum Gasteiger partial charge on any atom is 0.251 e. The molecule has 0 spiro atoms. The number of nitrogens with zero attached hydrogens (tertiary/aromatic N) is 2. The molecule has 1 aromatic heterocycles. The van der Waals surface area contributed by atoms with Gasteiger partial charge in [-0.15, -0.1) is 0 Å². The van der Waals surface area contributed by atoms with Crippen molar-refractivity contribution in [1.29, 1.82) is 0 Å². The number of carbonyl (C=O) groups excluding carboxylic acids is 1. The minimum Gasteiger partial charge on any atom is -0.345 e. The highest BCUT2D eigenvalue weighted by molar-refractivity contribution is 7.89. The van der Waals surface area contributed by atoms with E-state index in [-0.39, 0.29) is 17.3 Å². The molecular formula is C17H18N4O3S. The second kappa shape index (κ2) is 6.66. The first-order valence-electron chi connectivity index (χ1n) is 7.64. The van der Waals surface area contributed by atoms with Gasteiger partial charge in [-0.05, 0) is 43.4 Å². The van der Waals surface area contributed by atoms with E-state index >= 15 is 0 Å². The van der Waals surface area contributed by atoms with E-state index in [1.54, 1.807) is 0 Å². The molecule has 0 atom stereocenters. The molecule has 130 valence electrons. The fourth-order valence-corrected chi connectivity index (χ4v) is 3.25. The number of hydrogen-bond donors (Lipinski definition) is 2. The van der Waals surface area contributed by atoms with Gasteiger partial charge in [-0.25, -0.2) is 18.1 Å². The molecular weight excluding hydrogens is 340 g/mol. The highest BCUT2D eigenvalue weighted by atomic mass is 32.2. The van der Waals surface area contributed by atoms with Crippen LogP contribution in [0.5, 0.6) is 0 Å². The fourth-order valence-electron chi connectivity index (χ4n) is 2.52. The Morgan fingerprint density at radius 1 is 1.12 bits per heavy atom. The molecule has 0 aliphatic heterocycles. The molecule has 7 nitrogen and oxygen atoms in total. The van der Waals surface area contributed by atoms with E-state index in [0.717, 1.165) is 16.9 Å². The molecule has 0 unspecified atom stereocenters. The number of sulfonamides is 1. The van der Waals surface area contributed by atoms with Crippen LogP contribution in [0.15, 0.2) is 53.4 Å². The number of aromatic nitrogens is 2. The van der Waals surface area contributed by atoms with Gasteiger partial charge in [0, 0.05) is 12.6 Å². The van der Waals surface area contributed by atoms with Crippen molar-refractivity contribution in [1.82, 2.24) is 19.6 Å². The first-order valence-corrected chi connectivity index (χ1v) is 9.13. The number of para-hydroxylation sites is 2. The van der Waals surface area contributed by atoms with Crippen molar-refractivity contribution in [3.8, 4) is 0 Å². The molecule has 0 saturated heterocycles. The molecule has 0 aliphatic carbocycles. The molecule has 2 aromatic carbocycles. The maximum atomic E-state index is 12.3. The van der Waals surface area contributed by atoms with E-state index < -0.39 is 10.0 Å². The van der Waals surface area contributed by atoms with Crippen LogP contribution >= 0.6 is 0 Å².